The molecule has 1 aromatic heterocycles. The van der Waals surface area contributed by atoms with Gasteiger partial charge in [0, 0.05) is 42.4 Å². The molecule has 1 heterocycles. The van der Waals surface area contributed by atoms with Crippen molar-refractivity contribution >= 4 is 46.9 Å². The Labute approximate surface area is 317 Å². The zero-order valence-corrected chi connectivity index (χ0v) is 32.5. The average molecular weight is 746 g/mol. The number of carboxylic acid groups (broad SMARTS) is 1. The molecule has 0 saturated heterocycles. The highest BCUT2D eigenvalue weighted by molar-refractivity contribution is 5.92. The van der Waals surface area contributed by atoms with E-state index in [9.17, 15) is 29.1 Å². The van der Waals surface area contributed by atoms with Crippen LogP contribution in [0.25, 0.3) is 17.0 Å². The molecule has 4 atom stereocenters. The van der Waals surface area contributed by atoms with Crippen molar-refractivity contribution in [2.24, 2.45) is 17.3 Å². The zero-order valence-electron chi connectivity index (χ0n) is 32.5. The van der Waals surface area contributed by atoms with Gasteiger partial charge >= 0.3 is 24.0 Å². The van der Waals surface area contributed by atoms with Gasteiger partial charge in [-0.3, -0.25) is 9.59 Å². The second-order valence-electron chi connectivity index (χ2n) is 15.5. The lowest BCUT2D eigenvalue weighted by atomic mass is 9.93. The third-order valence-corrected chi connectivity index (χ3v) is 8.42. The van der Waals surface area contributed by atoms with Crippen LogP contribution in [0.15, 0.2) is 79.0 Å². The first-order chi connectivity index (χ1) is 25.3. The Balaban J connectivity index is 1.74. The molecule has 54 heavy (non-hydrogen) atoms. The summed E-state index contributed by atoms with van der Waals surface area (Å²) in [6, 6.07) is 15.9. The Hall–Kier alpha value is -5.39. The number of amides is 2. The number of aromatic nitrogens is 1. The first-order valence-electron chi connectivity index (χ1n) is 18.2. The summed E-state index contributed by atoms with van der Waals surface area (Å²) in [5, 5.41) is 15.9. The predicted molar refractivity (Wildman–Crippen MR) is 207 cm³/mol. The van der Waals surface area contributed by atoms with Crippen molar-refractivity contribution in [1.82, 2.24) is 15.6 Å². The highest BCUT2D eigenvalue weighted by Crippen LogP contribution is 2.24. The van der Waals surface area contributed by atoms with Gasteiger partial charge in [-0.15, -0.1) is 0 Å². The smallest absolute Gasteiger partial charge is 0.407 e. The molecule has 3 rings (SSSR count). The highest BCUT2D eigenvalue weighted by atomic mass is 16.6. The van der Waals surface area contributed by atoms with Crippen LogP contribution in [0.4, 0.5) is 4.79 Å². The summed E-state index contributed by atoms with van der Waals surface area (Å²) < 4.78 is 17.0. The van der Waals surface area contributed by atoms with Crippen molar-refractivity contribution < 1.29 is 43.3 Å². The molecule has 292 valence electrons. The fraction of sp³-hybridized carbons (Fsp3) is 0.452. The van der Waals surface area contributed by atoms with Gasteiger partial charge in [-0.2, -0.15) is 0 Å². The third kappa shape index (κ3) is 14.2. The van der Waals surface area contributed by atoms with E-state index >= 15 is 0 Å². The Bertz CT molecular complexity index is 1790. The van der Waals surface area contributed by atoms with E-state index in [1.807, 2.05) is 87.5 Å². The van der Waals surface area contributed by atoms with E-state index in [1.54, 1.807) is 40.8 Å². The number of aromatic amines is 1. The molecular formula is C42H55N3O9. The van der Waals surface area contributed by atoms with Gasteiger partial charge in [-0.1, -0.05) is 87.5 Å². The molecular weight excluding hydrogens is 690 g/mol. The maximum atomic E-state index is 13.7. The minimum absolute atomic E-state index is 0.0396. The Kier molecular flexibility index (Phi) is 15.6. The number of carboxylic acids is 1. The van der Waals surface area contributed by atoms with E-state index in [4.69, 9.17) is 14.2 Å². The lowest BCUT2D eigenvalue weighted by Crippen LogP contribution is -2.44. The fourth-order valence-corrected chi connectivity index (χ4v) is 5.38. The standard InChI is InChI=1S/C42H55N3O9/c1-27(2)23-35(53-39(50)42(7,8)26-44-40(51)54-41(4,5)6)38(49)52-34(28(3)21-22-29-15-10-9-11-16-29)19-14-20-36(46)45-33(37(47)48)24-30-25-43-32-18-13-12-17-31(30)32/h9-18,20-22,25,27-28,33-35,43H,19,23-24,26H2,1-8H3,(H,44,51)(H,45,46)(H,47,48)/b20-14+,22-21+/t28-,33-,34+,35+/m1/s1. The number of ether oxygens (including phenoxy) is 3. The molecule has 3 aromatic rings. The van der Waals surface area contributed by atoms with E-state index in [-0.39, 0.29) is 37.6 Å². The minimum atomic E-state index is -1.24. The quantitative estimate of drug-likeness (QED) is 0.0608. The molecule has 2 amide bonds. The number of carbonyl (C=O) groups excluding carboxylic acids is 4. The second-order valence-corrected chi connectivity index (χ2v) is 15.5. The summed E-state index contributed by atoms with van der Waals surface area (Å²) in [6.07, 6.45) is 5.94. The van der Waals surface area contributed by atoms with Gasteiger partial charge < -0.3 is 34.9 Å². The number of rotatable bonds is 18. The number of alkyl carbamates (subject to hydrolysis) is 1. The topological polar surface area (TPSA) is 173 Å². The van der Waals surface area contributed by atoms with E-state index in [0.29, 0.717) is 0 Å². The maximum absolute atomic E-state index is 13.7. The largest absolute Gasteiger partial charge is 0.480 e. The second kappa shape index (κ2) is 19.6. The van der Waals surface area contributed by atoms with Crippen LogP contribution in [0.3, 0.4) is 0 Å². The number of nitrogens with one attached hydrogen (secondary N) is 3. The van der Waals surface area contributed by atoms with Crippen molar-refractivity contribution in [1.29, 1.82) is 0 Å². The first kappa shape index (κ1) is 43.0. The molecule has 12 nitrogen and oxygen atoms in total. The number of esters is 2. The summed E-state index contributed by atoms with van der Waals surface area (Å²) in [5.74, 6) is -3.63. The number of fused-ring (bicyclic) bond motifs is 1. The van der Waals surface area contributed by atoms with Gasteiger partial charge in [-0.05, 0) is 70.2 Å². The van der Waals surface area contributed by atoms with Crippen LogP contribution in [0, 0.1) is 17.3 Å². The summed E-state index contributed by atoms with van der Waals surface area (Å²) >= 11 is 0. The highest BCUT2D eigenvalue weighted by Gasteiger charge is 2.36. The van der Waals surface area contributed by atoms with E-state index in [0.717, 1.165) is 22.0 Å². The SMILES string of the molecule is CC(C)C[C@H](OC(=O)C(C)(C)CNC(=O)OC(C)(C)C)C(=O)O[C@@H](C/C=C/C(=O)N[C@H](Cc1c[nH]c2ccccc12)C(=O)O)[C@H](C)/C=C/c1ccccc1. The van der Waals surface area contributed by atoms with E-state index in [1.165, 1.54) is 12.2 Å². The molecule has 0 unspecified atom stereocenters. The monoisotopic (exact) mass is 745 g/mol. The summed E-state index contributed by atoms with van der Waals surface area (Å²) in [5.41, 5.74) is 0.641. The molecule has 0 radical (unpaired) electrons. The average Bonchev–Trinajstić information content (AvgIpc) is 3.50. The van der Waals surface area contributed by atoms with Crippen molar-refractivity contribution in [3.63, 3.8) is 0 Å². The molecule has 4 N–H and O–H groups in total. The number of benzene rings is 2. The number of carbonyl (C=O) groups is 5. The van der Waals surface area contributed by atoms with E-state index < -0.39 is 59.2 Å². The van der Waals surface area contributed by atoms with Gasteiger partial charge in [0.2, 0.25) is 5.91 Å². The van der Waals surface area contributed by atoms with Crippen molar-refractivity contribution in [3.05, 3.63) is 90.1 Å². The number of para-hydroxylation sites is 1. The number of hydrogen-bond donors (Lipinski definition) is 4. The lowest BCUT2D eigenvalue weighted by molar-refractivity contribution is -0.178. The maximum Gasteiger partial charge on any atom is 0.407 e. The normalized spacial score (nSPS) is 14.4. The molecule has 0 bridgehead atoms. The van der Waals surface area contributed by atoms with Gasteiger partial charge in [0.05, 0.1) is 5.41 Å². The summed E-state index contributed by atoms with van der Waals surface area (Å²) in [6.45, 7) is 13.9. The molecule has 12 heteroatoms. The first-order valence-corrected chi connectivity index (χ1v) is 18.2. The summed E-state index contributed by atoms with van der Waals surface area (Å²) in [4.78, 5) is 67.5. The van der Waals surface area contributed by atoms with Gasteiger partial charge in [0.15, 0.2) is 6.10 Å². The molecule has 0 saturated carbocycles. The Morgan fingerprint density at radius 2 is 1.57 bits per heavy atom. The Morgan fingerprint density at radius 3 is 2.22 bits per heavy atom. The predicted octanol–water partition coefficient (Wildman–Crippen LogP) is 7.00. The van der Waals surface area contributed by atoms with Gasteiger partial charge in [0.25, 0.3) is 0 Å². The van der Waals surface area contributed by atoms with Gasteiger partial charge in [-0.25, -0.2) is 14.4 Å². The molecule has 2 aromatic carbocycles. The third-order valence-electron chi connectivity index (χ3n) is 8.42. The minimum Gasteiger partial charge on any atom is -0.480 e. The van der Waals surface area contributed by atoms with Crippen LogP contribution in [0.2, 0.25) is 0 Å². The number of H-pyrrole nitrogens is 1. The van der Waals surface area contributed by atoms with Crippen LogP contribution >= 0.6 is 0 Å². The molecule has 0 spiro atoms. The van der Waals surface area contributed by atoms with E-state index in [2.05, 4.69) is 15.6 Å². The number of aliphatic carboxylic acids is 1. The molecule has 0 aliphatic carbocycles. The van der Waals surface area contributed by atoms with Crippen LogP contribution in [0.1, 0.15) is 79.4 Å². The zero-order chi connectivity index (χ0) is 40.1. The van der Waals surface area contributed by atoms with Crippen molar-refractivity contribution in [2.45, 2.75) is 98.5 Å². The van der Waals surface area contributed by atoms with Crippen LogP contribution < -0.4 is 10.6 Å². The van der Waals surface area contributed by atoms with Crippen molar-refractivity contribution in [2.75, 3.05) is 6.54 Å². The lowest BCUT2D eigenvalue weighted by Gasteiger charge is -2.29. The molecule has 0 aliphatic rings. The molecule has 0 fully saturated rings. The fourth-order valence-electron chi connectivity index (χ4n) is 5.38. The van der Waals surface area contributed by atoms with Crippen LogP contribution in [-0.2, 0) is 39.8 Å². The summed E-state index contributed by atoms with van der Waals surface area (Å²) in [7, 11) is 0. The van der Waals surface area contributed by atoms with Crippen molar-refractivity contribution in [3.8, 4) is 0 Å². The van der Waals surface area contributed by atoms with Crippen LogP contribution in [-0.4, -0.2) is 70.4 Å². The van der Waals surface area contributed by atoms with Crippen LogP contribution in [0.5, 0.6) is 0 Å². The molecule has 0 aliphatic heterocycles. The Morgan fingerprint density at radius 1 is 0.907 bits per heavy atom. The van der Waals surface area contributed by atoms with Gasteiger partial charge in [0.1, 0.15) is 17.7 Å². The number of hydrogen-bond acceptors (Lipinski definition) is 8.